The van der Waals surface area contributed by atoms with Crippen molar-refractivity contribution >= 4 is 14.5 Å². The van der Waals surface area contributed by atoms with Crippen LogP contribution >= 0.6 is 0 Å². The lowest BCUT2D eigenvalue weighted by atomic mass is 10.0. The van der Waals surface area contributed by atoms with Crippen LogP contribution in [0.1, 0.15) is 194 Å². The Balaban J connectivity index is 0. The minimum absolute atomic E-state index is 1.17. The van der Waals surface area contributed by atoms with Crippen LogP contribution in [0.4, 0.5) is 34.5 Å². The Hall–Kier alpha value is -2.33. The molecule has 2 rings (SSSR count). The van der Waals surface area contributed by atoms with Crippen LogP contribution in [0.5, 0.6) is 0 Å². The van der Waals surface area contributed by atoms with Gasteiger partial charge in [0.25, 0.3) is 0 Å². The Labute approximate surface area is 337 Å². The van der Waals surface area contributed by atoms with E-state index in [2.05, 4.69) is 96.1 Å². The lowest BCUT2D eigenvalue weighted by Gasteiger charge is -2.02. The van der Waals surface area contributed by atoms with Gasteiger partial charge in [-0.15, -0.1) is 0 Å². The lowest BCUT2D eigenvalue weighted by molar-refractivity contribution is -0.697. The zero-order chi connectivity index (χ0) is 42.0. The smallest absolute Gasteiger partial charge is 0.418 e. The van der Waals surface area contributed by atoms with Gasteiger partial charge in [-0.1, -0.05) is 160 Å². The third-order valence-electron chi connectivity index (χ3n) is 9.30. The quantitative estimate of drug-likeness (QED) is 0.0237. The first kappa shape index (κ1) is 55.8. The van der Waals surface area contributed by atoms with E-state index in [0.717, 1.165) is 0 Å². The predicted octanol–water partition coefficient (Wildman–Crippen LogP) is 15.4. The highest BCUT2D eigenvalue weighted by Crippen LogP contribution is 2.14. The Morgan fingerprint density at radius 3 is 1.04 bits per heavy atom. The summed E-state index contributed by atoms with van der Waals surface area (Å²) >= 11 is 0. The van der Waals surface area contributed by atoms with Crippen LogP contribution in [0, 0.1) is 0 Å². The van der Waals surface area contributed by atoms with E-state index in [-0.39, 0.29) is 0 Å². The summed E-state index contributed by atoms with van der Waals surface area (Å²) in [7, 11) is -9.92. The molecule has 2 aromatic heterocycles. The van der Waals surface area contributed by atoms with Gasteiger partial charge in [-0.25, -0.2) is 13.7 Å². The van der Waals surface area contributed by atoms with E-state index in [4.69, 9.17) is 0 Å². The van der Waals surface area contributed by atoms with E-state index in [1.807, 2.05) is 0 Å². The van der Waals surface area contributed by atoms with Gasteiger partial charge >= 0.3 is 14.5 Å². The maximum absolute atomic E-state index is 9.75. The largest absolute Gasteiger partial charge is 0.673 e. The molecule has 0 unspecified atom stereocenters. The Morgan fingerprint density at radius 2 is 0.714 bits per heavy atom. The maximum atomic E-state index is 9.75. The second-order valence-electron chi connectivity index (χ2n) is 15.0. The Kier molecular flexibility index (Phi) is 40.7. The van der Waals surface area contributed by atoms with Crippen LogP contribution in [0.15, 0.2) is 61.5 Å². The molecule has 2 heterocycles. The van der Waals surface area contributed by atoms with Gasteiger partial charge in [0.1, 0.15) is 18.9 Å². The fourth-order valence-electron chi connectivity index (χ4n) is 6.25. The van der Waals surface area contributed by atoms with Crippen molar-refractivity contribution in [2.75, 3.05) is 0 Å². The van der Waals surface area contributed by atoms with Crippen LogP contribution in [0.3, 0.4) is 0 Å². The number of hydrogen-bond acceptors (Lipinski definition) is 0. The maximum Gasteiger partial charge on any atom is 0.673 e. The molecular formula is C43H79B2F8N3. The number of nitrogens with zero attached hydrogens (tertiary/aromatic N) is 3. The van der Waals surface area contributed by atoms with E-state index >= 15 is 0 Å². The van der Waals surface area contributed by atoms with E-state index in [9.17, 15) is 34.5 Å². The number of hydrogen-bond donors (Lipinski definition) is 0. The molecule has 0 bridgehead atoms. The van der Waals surface area contributed by atoms with E-state index in [1.54, 1.807) is 0 Å². The third-order valence-corrected chi connectivity index (χ3v) is 9.30. The highest BCUT2D eigenvalue weighted by atomic mass is 19.5. The fourth-order valence-corrected chi connectivity index (χ4v) is 6.25. The summed E-state index contributed by atoms with van der Waals surface area (Å²) < 4.78 is 84.7. The molecule has 13 heteroatoms. The molecule has 2 aromatic rings. The molecule has 0 amide bonds. The van der Waals surface area contributed by atoms with Crippen LogP contribution in [0.25, 0.3) is 0 Å². The van der Waals surface area contributed by atoms with Crippen molar-refractivity contribution in [3.8, 4) is 0 Å². The van der Waals surface area contributed by atoms with Gasteiger partial charge in [0, 0.05) is 18.6 Å². The molecule has 0 saturated heterocycles. The summed E-state index contributed by atoms with van der Waals surface area (Å²) in [5.41, 5.74) is 0. The number of pyridine rings is 1. The second kappa shape index (κ2) is 40.9. The molecule has 56 heavy (non-hydrogen) atoms. The predicted molar refractivity (Wildman–Crippen MR) is 222 cm³/mol. The molecule has 0 aliphatic heterocycles. The van der Waals surface area contributed by atoms with Gasteiger partial charge in [-0.3, -0.25) is 0 Å². The number of aryl methyl sites for hydroxylation is 3. The molecule has 0 radical (unpaired) electrons. The monoisotopic (exact) mass is 812 g/mol. The van der Waals surface area contributed by atoms with Crippen molar-refractivity contribution < 1.29 is 43.7 Å². The fraction of sp³-hybridized carbons (Fsp3) is 0.767. The third kappa shape index (κ3) is 56.0. The molecule has 0 saturated carbocycles. The van der Waals surface area contributed by atoms with Crippen molar-refractivity contribution in [2.24, 2.45) is 7.05 Å². The summed E-state index contributed by atoms with van der Waals surface area (Å²) in [4.78, 5) is 0. The van der Waals surface area contributed by atoms with Crippen molar-refractivity contribution in [3.05, 3.63) is 61.5 Å². The number of aromatic nitrogens is 3. The second-order valence-corrected chi connectivity index (χ2v) is 15.0. The van der Waals surface area contributed by atoms with Crippen LogP contribution in [-0.2, 0) is 20.1 Å². The van der Waals surface area contributed by atoms with Gasteiger partial charge < -0.3 is 34.5 Å². The standard InChI is InChI=1S/C22H41N2.C21H38N.2BF4/c1-3-4-5-6-7-8-9-10-11-12-13-14-15-16-17-18-19-24-21-20-23(2)22-24;1-2-3-4-5-6-7-8-9-10-11-12-13-14-16-19-22-20-17-15-18-21-22;2*2-1(3,4)5/h10-11,20-22H,3-9,12-19H2,1-2H3;15,17-18,20-21H,2-14,16,19H2,1H3;;/q2*+1;2*-1. The van der Waals surface area contributed by atoms with Gasteiger partial charge in [-0.2, -0.15) is 0 Å². The molecular weight excluding hydrogens is 732 g/mol. The van der Waals surface area contributed by atoms with Crippen molar-refractivity contribution in [1.82, 2.24) is 4.57 Å². The highest BCUT2D eigenvalue weighted by molar-refractivity contribution is 6.50. The number of unbranched alkanes of at least 4 members (excludes halogenated alkanes) is 25. The number of rotatable bonds is 31. The summed E-state index contributed by atoms with van der Waals surface area (Å²) in [6.07, 6.45) is 55.0. The van der Waals surface area contributed by atoms with E-state index < -0.39 is 14.5 Å². The number of halogens is 8. The Morgan fingerprint density at radius 1 is 0.411 bits per heavy atom. The SMILES string of the molecule is CCCCCCCCC=CCCCCCCCC[n+]1ccn(C)c1.CCCCCCCCCCCCCCCC[n+]1ccccc1.F[B-](F)(F)F.F[B-](F)(F)F. The van der Waals surface area contributed by atoms with E-state index in [1.165, 1.54) is 193 Å². The molecule has 0 N–H and O–H groups in total. The molecule has 0 aromatic carbocycles. The average molecular weight is 812 g/mol. The molecule has 0 spiro atoms. The molecule has 328 valence electrons. The van der Waals surface area contributed by atoms with Gasteiger partial charge in [0.2, 0.25) is 6.33 Å². The molecule has 0 aliphatic carbocycles. The molecule has 0 aliphatic rings. The van der Waals surface area contributed by atoms with Crippen LogP contribution in [0.2, 0.25) is 0 Å². The van der Waals surface area contributed by atoms with Crippen LogP contribution < -0.4 is 9.13 Å². The van der Waals surface area contributed by atoms with E-state index in [0.29, 0.717) is 0 Å². The summed E-state index contributed by atoms with van der Waals surface area (Å²) in [5.74, 6) is 0. The summed E-state index contributed by atoms with van der Waals surface area (Å²) in [6.45, 7) is 6.92. The minimum Gasteiger partial charge on any atom is -0.418 e. The minimum atomic E-state index is -6.00. The first-order valence-corrected chi connectivity index (χ1v) is 22.1. The zero-order valence-corrected chi connectivity index (χ0v) is 35.5. The molecule has 0 fully saturated rings. The zero-order valence-electron chi connectivity index (χ0n) is 35.5. The average Bonchev–Trinajstić information content (AvgIpc) is 3.55. The van der Waals surface area contributed by atoms with Gasteiger partial charge in [-0.05, 0) is 44.9 Å². The lowest BCUT2D eigenvalue weighted by Crippen LogP contribution is -2.32. The van der Waals surface area contributed by atoms with Crippen molar-refractivity contribution in [3.63, 3.8) is 0 Å². The first-order chi connectivity index (χ1) is 26.8. The van der Waals surface area contributed by atoms with Gasteiger partial charge in [0.15, 0.2) is 12.4 Å². The topological polar surface area (TPSA) is 12.7 Å². The Bertz CT molecular complexity index is 1060. The van der Waals surface area contributed by atoms with Crippen molar-refractivity contribution in [2.45, 2.75) is 207 Å². The number of imidazole rings is 1. The normalized spacial score (nSPS) is 11.4. The van der Waals surface area contributed by atoms with Gasteiger partial charge in [0.05, 0.1) is 13.6 Å². The van der Waals surface area contributed by atoms with Crippen LogP contribution in [-0.4, -0.2) is 19.1 Å². The summed E-state index contributed by atoms with van der Waals surface area (Å²) in [5, 5.41) is 0. The number of allylic oxidation sites excluding steroid dienone is 2. The highest BCUT2D eigenvalue weighted by Gasteiger charge is 2.21. The van der Waals surface area contributed by atoms with Crippen molar-refractivity contribution in [1.29, 1.82) is 0 Å². The summed E-state index contributed by atoms with van der Waals surface area (Å²) in [6, 6.07) is 6.31. The molecule has 3 nitrogen and oxygen atoms in total. The molecule has 0 atom stereocenters. The first-order valence-electron chi connectivity index (χ1n) is 22.1.